The van der Waals surface area contributed by atoms with Crippen LogP contribution in [0.15, 0.2) is 49.8 Å². The number of imide groups is 1. The summed E-state index contributed by atoms with van der Waals surface area (Å²) in [5, 5.41) is 0. The summed E-state index contributed by atoms with van der Waals surface area (Å²) < 4.78 is 2.32. The van der Waals surface area contributed by atoms with E-state index in [2.05, 4.69) is 47.8 Å². The molecule has 6 heteroatoms. The Balaban J connectivity index is 2.14. The number of anilines is 1. The highest BCUT2D eigenvalue weighted by molar-refractivity contribution is 9.11. The maximum atomic E-state index is 12.4. The molecule has 2 aromatic carbocycles. The molecule has 0 atom stereocenters. The van der Waals surface area contributed by atoms with Crippen molar-refractivity contribution in [3.8, 4) is 0 Å². The van der Waals surface area contributed by atoms with Crippen LogP contribution in [0.3, 0.4) is 0 Å². The fraction of sp³-hybridized carbons (Fsp3) is 0. The lowest BCUT2D eigenvalue weighted by molar-refractivity contribution is 0.0926. The molecule has 1 aliphatic rings. The number of fused-ring (bicyclic) bond motifs is 1. The molecule has 0 bridgehead atoms. The van der Waals surface area contributed by atoms with Gasteiger partial charge < -0.3 is 0 Å². The van der Waals surface area contributed by atoms with Crippen molar-refractivity contribution in [1.82, 2.24) is 0 Å². The molecule has 0 fully saturated rings. The van der Waals surface area contributed by atoms with E-state index in [-0.39, 0.29) is 11.8 Å². The second-order valence-corrected chi connectivity index (χ2v) is 6.92. The van der Waals surface area contributed by atoms with E-state index in [1.54, 1.807) is 36.4 Å². The lowest BCUT2D eigenvalue weighted by Gasteiger charge is -2.15. The summed E-state index contributed by atoms with van der Waals surface area (Å²) in [4.78, 5) is 26.1. The Morgan fingerprint density at radius 3 is 2.05 bits per heavy atom. The Morgan fingerprint density at radius 2 is 1.35 bits per heavy atom. The summed E-state index contributed by atoms with van der Waals surface area (Å²) in [6.07, 6.45) is 0. The van der Waals surface area contributed by atoms with E-state index < -0.39 is 0 Å². The summed E-state index contributed by atoms with van der Waals surface area (Å²) in [6, 6.07) is 10.4. The van der Waals surface area contributed by atoms with Crippen molar-refractivity contribution in [2.24, 2.45) is 0 Å². The predicted molar refractivity (Wildman–Crippen MR) is 87.1 cm³/mol. The summed E-state index contributed by atoms with van der Waals surface area (Å²) in [5.41, 5.74) is 1.38. The van der Waals surface area contributed by atoms with Crippen LogP contribution in [-0.2, 0) is 0 Å². The molecule has 0 radical (unpaired) electrons. The highest BCUT2D eigenvalue weighted by Gasteiger charge is 2.37. The average Bonchev–Trinajstić information content (AvgIpc) is 2.63. The van der Waals surface area contributed by atoms with Crippen LogP contribution in [0, 0.1) is 0 Å². The summed E-state index contributed by atoms with van der Waals surface area (Å²) >= 11 is 10.0. The fourth-order valence-electron chi connectivity index (χ4n) is 2.09. The van der Waals surface area contributed by atoms with Crippen molar-refractivity contribution in [3.63, 3.8) is 0 Å². The first-order valence-corrected chi connectivity index (χ1v) is 8.00. The summed E-state index contributed by atoms with van der Waals surface area (Å²) in [7, 11) is 0. The molecule has 1 aliphatic heterocycles. The first-order chi connectivity index (χ1) is 9.49. The Kier molecular flexibility index (Phi) is 3.56. The van der Waals surface area contributed by atoms with E-state index in [0.29, 0.717) is 21.3 Å². The third kappa shape index (κ3) is 2.16. The van der Waals surface area contributed by atoms with Crippen LogP contribution in [0.25, 0.3) is 0 Å². The molecule has 0 unspecified atom stereocenters. The third-order valence-corrected chi connectivity index (χ3v) is 4.62. The lowest BCUT2D eigenvalue weighted by Crippen LogP contribution is -2.29. The van der Waals surface area contributed by atoms with Gasteiger partial charge in [0, 0.05) is 13.4 Å². The number of amides is 2. The van der Waals surface area contributed by atoms with E-state index in [9.17, 15) is 9.59 Å². The molecule has 0 saturated carbocycles. The zero-order valence-electron chi connectivity index (χ0n) is 9.86. The molecule has 20 heavy (non-hydrogen) atoms. The molecular formula is C14H6Br3NO2. The Labute approximate surface area is 140 Å². The highest BCUT2D eigenvalue weighted by Crippen LogP contribution is 2.35. The molecule has 100 valence electrons. The van der Waals surface area contributed by atoms with E-state index >= 15 is 0 Å². The largest absolute Gasteiger partial charge is 0.268 e. The van der Waals surface area contributed by atoms with E-state index in [1.807, 2.05) is 0 Å². The molecule has 0 aliphatic carbocycles. The predicted octanol–water partition coefficient (Wildman–Crippen LogP) is 4.77. The van der Waals surface area contributed by atoms with Gasteiger partial charge in [-0.2, -0.15) is 0 Å². The Hall–Kier alpha value is -0.980. The minimum absolute atomic E-state index is 0.305. The van der Waals surface area contributed by atoms with Gasteiger partial charge in [-0.3, -0.25) is 9.59 Å². The van der Waals surface area contributed by atoms with Crippen LogP contribution in [0.5, 0.6) is 0 Å². The van der Waals surface area contributed by atoms with Crippen molar-refractivity contribution in [1.29, 1.82) is 0 Å². The molecule has 1 heterocycles. The topological polar surface area (TPSA) is 37.4 Å². The van der Waals surface area contributed by atoms with E-state index in [1.165, 1.54) is 4.90 Å². The Bertz CT molecular complexity index is 758. The fourth-order valence-corrected chi connectivity index (χ4v) is 3.68. The number of nitrogens with zero attached hydrogens (tertiary/aromatic N) is 1. The summed E-state index contributed by atoms with van der Waals surface area (Å²) in [6.45, 7) is 0. The first-order valence-electron chi connectivity index (χ1n) is 5.62. The molecule has 0 N–H and O–H groups in total. The van der Waals surface area contributed by atoms with Gasteiger partial charge in [0.2, 0.25) is 0 Å². The van der Waals surface area contributed by atoms with Crippen molar-refractivity contribution in [3.05, 3.63) is 60.9 Å². The van der Waals surface area contributed by atoms with Gasteiger partial charge in [-0.1, -0.05) is 31.9 Å². The number of hydrogen-bond acceptors (Lipinski definition) is 2. The van der Waals surface area contributed by atoms with Crippen LogP contribution in [0.2, 0.25) is 0 Å². The Morgan fingerprint density at radius 1 is 0.750 bits per heavy atom. The molecular weight excluding hydrogens is 454 g/mol. The van der Waals surface area contributed by atoms with E-state index in [4.69, 9.17) is 0 Å². The normalized spacial score (nSPS) is 13.8. The average molecular weight is 460 g/mol. The van der Waals surface area contributed by atoms with Crippen LogP contribution in [0.4, 0.5) is 5.69 Å². The van der Waals surface area contributed by atoms with Crippen molar-refractivity contribution in [2.75, 3.05) is 4.90 Å². The molecule has 0 saturated heterocycles. The number of carbonyl (C=O) groups is 2. The number of carbonyl (C=O) groups excluding carboxylic acids is 2. The standard InChI is InChI=1S/C14H6Br3NO2/c15-7-1-3-9-10(5-7)14(20)18(13(9)19)12-4-2-8(16)6-11(12)17/h1-6H. The molecule has 2 amide bonds. The molecule has 3 rings (SSSR count). The second-order valence-electron chi connectivity index (χ2n) is 4.23. The van der Waals surface area contributed by atoms with Gasteiger partial charge in [0.25, 0.3) is 11.8 Å². The van der Waals surface area contributed by atoms with Gasteiger partial charge in [0.1, 0.15) is 0 Å². The zero-order chi connectivity index (χ0) is 14.4. The third-order valence-electron chi connectivity index (χ3n) is 3.00. The first kappa shape index (κ1) is 14.0. The maximum Gasteiger partial charge on any atom is 0.266 e. The van der Waals surface area contributed by atoms with Gasteiger partial charge in [-0.15, -0.1) is 0 Å². The van der Waals surface area contributed by atoms with Crippen molar-refractivity contribution < 1.29 is 9.59 Å². The zero-order valence-corrected chi connectivity index (χ0v) is 14.6. The molecule has 3 nitrogen and oxygen atoms in total. The monoisotopic (exact) mass is 457 g/mol. The quantitative estimate of drug-likeness (QED) is 0.576. The number of benzene rings is 2. The van der Waals surface area contributed by atoms with Crippen molar-refractivity contribution >= 4 is 65.3 Å². The molecule has 0 aromatic heterocycles. The van der Waals surface area contributed by atoms with Crippen LogP contribution < -0.4 is 4.90 Å². The smallest absolute Gasteiger partial charge is 0.266 e. The number of halogens is 3. The minimum Gasteiger partial charge on any atom is -0.268 e. The number of hydrogen-bond donors (Lipinski definition) is 0. The van der Waals surface area contributed by atoms with Crippen LogP contribution in [-0.4, -0.2) is 11.8 Å². The van der Waals surface area contributed by atoms with Crippen molar-refractivity contribution in [2.45, 2.75) is 0 Å². The molecule has 0 spiro atoms. The van der Waals surface area contributed by atoms with Gasteiger partial charge in [-0.05, 0) is 52.3 Å². The van der Waals surface area contributed by atoms with Gasteiger partial charge >= 0.3 is 0 Å². The van der Waals surface area contributed by atoms with Gasteiger partial charge in [-0.25, -0.2) is 4.90 Å². The summed E-state index contributed by atoms with van der Waals surface area (Å²) in [5.74, 6) is -0.616. The second kappa shape index (κ2) is 5.09. The van der Waals surface area contributed by atoms with Crippen LogP contribution in [0.1, 0.15) is 20.7 Å². The van der Waals surface area contributed by atoms with Crippen LogP contribution >= 0.6 is 47.8 Å². The lowest BCUT2D eigenvalue weighted by atomic mass is 10.1. The highest BCUT2D eigenvalue weighted by atomic mass is 79.9. The van der Waals surface area contributed by atoms with Gasteiger partial charge in [0.05, 0.1) is 16.8 Å². The maximum absolute atomic E-state index is 12.4. The molecule has 2 aromatic rings. The number of rotatable bonds is 1. The van der Waals surface area contributed by atoms with Gasteiger partial charge in [0.15, 0.2) is 0 Å². The van der Waals surface area contributed by atoms with E-state index in [0.717, 1.165) is 8.95 Å². The SMILES string of the molecule is O=C1c2ccc(Br)cc2C(=O)N1c1ccc(Br)cc1Br. The minimum atomic E-state index is -0.311.